The molecule has 2 atom stereocenters. The number of piperazine rings is 1. The molecule has 4 heteroatoms. The molecule has 2 rings (SSSR count). The van der Waals surface area contributed by atoms with Gasteiger partial charge >= 0.3 is 0 Å². The fourth-order valence-electron chi connectivity index (χ4n) is 2.51. The molecule has 1 heterocycles. The van der Waals surface area contributed by atoms with Gasteiger partial charge in [0.2, 0.25) is 0 Å². The topological polar surface area (TPSA) is 15.3 Å². The van der Waals surface area contributed by atoms with Crippen LogP contribution < -0.4 is 10.2 Å². The van der Waals surface area contributed by atoms with E-state index in [2.05, 4.69) is 46.1 Å². The van der Waals surface area contributed by atoms with Gasteiger partial charge < -0.3 is 10.2 Å². The van der Waals surface area contributed by atoms with Crippen LogP contribution in [-0.2, 0) is 0 Å². The molecule has 1 aliphatic heterocycles. The van der Waals surface area contributed by atoms with Gasteiger partial charge in [-0.2, -0.15) is 0 Å². The summed E-state index contributed by atoms with van der Waals surface area (Å²) < 4.78 is 1.08. The Balaban J connectivity index is 2.21. The fourth-order valence-corrected chi connectivity index (χ4v) is 3.09. The van der Waals surface area contributed by atoms with E-state index < -0.39 is 0 Å². The molecule has 1 saturated heterocycles. The summed E-state index contributed by atoms with van der Waals surface area (Å²) in [5.41, 5.74) is 1.14. The van der Waals surface area contributed by atoms with Crippen molar-refractivity contribution in [3.05, 3.63) is 27.7 Å². The van der Waals surface area contributed by atoms with Crippen LogP contribution >= 0.6 is 27.5 Å². The molecule has 1 N–H and O–H groups in total. The Kier molecular flexibility index (Phi) is 4.93. The van der Waals surface area contributed by atoms with Gasteiger partial charge in [0.15, 0.2) is 0 Å². The van der Waals surface area contributed by atoms with Crippen LogP contribution in [0.25, 0.3) is 0 Å². The second kappa shape index (κ2) is 6.27. The summed E-state index contributed by atoms with van der Waals surface area (Å²) in [7, 11) is 0. The molecular formula is C14H20BrClN2. The molecule has 0 amide bonds. The Bertz CT molecular complexity index is 411. The van der Waals surface area contributed by atoms with Crippen molar-refractivity contribution in [2.24, 2.45) is 0 Å². The van der Waals surface area contributed by atoms with Crippen LogP contribution in [0, 0.1) is 0 Å². The lowest BCUT2D eigenvalue weighted by Crippen LogP contribution is -2.55. The summed E-state index contributed by atoms with van der Waals surface area (Å²) in [6.45, 7) is 6.53. The number of nitrogens with one attached hydrogen (secondary N) is 1. The smallest absolute Gasteiger partial charge is 0.0640 e. The predicted molar refractivity (Wildman–Crippen MR) is 82.7 cm³/mol. The molecule has 2 nitrogen and oxygen atoms in total. The fraction of sp³-hybridized carbons (Fsp3) is 0.571. The summed E-state index contributed by atoms with van der Waals surface area (Å²) in [5.74, 6) is 0. The van der Waals surface area contributed by atoms with Crippen LogP contribution in [0.1, 0.15) is 26.7 Å². The van der Waals surface area contributed by atoms with Gasteiger partial charge in [-0.15, -0.1) is 0 Å². The van der Waals surface area contributed by atoms with Crippen LogP contribution in [0.5, 0.6) is 0 Å². The number of hydrogen-bond acceptors (Lipinski definition) is 2. The molecule has 18 heavy (non-hydrogen) atoms. The van der Waals surface area contributed by atoms with E-state index in [-0.39, 0.29) is 0 Å². The largest absolute Gasteiger partial charge is 0.365 e. The van der Waals surface area contributed by atoms with Gasteiger partial charge in [-0.1, -0.05) is 40.9 Å². The second-order valence-corrected chi connectivity index (χ2v) is 6.31. The highest BCUT2D eigenvalue weighted by Gasteiger charge is 2.25. The van der Waals surface area contributed by atoms with E-state index in [1.807, 2.05) is 12.1 Å². The van der Waals surface area contributed by atoms with Gasteiger partial charge in [0, 0.05) is 29.6 Å². The standard InChI is InChI=1S/C14H20BrClN2/c1-3-4-12-9-18(10(2)8-17-12)14-7-11(15)5-6-13(14)16/h5-7,10,12,17H,3-4,8-9H2,1-2H3. The average Bonchev–Trinajstić information content (AvgIpc) is 2.35. The normalized spacial score (nSPS) is 24.3. The van der Waals surface area contributed by atoms with Crippen molar-refractivity contribution in [3.63, 3.8) is 0 Å². The lowest BCUT2D eigenvalue weighted by molar-refractivity contribution is 0.386. The molecule has 1 fully saturated rings. The minimum absolute atomic E-state index is 0.477. The number of nitrogens with zero attached hydrogens (tertiary/aromatic N) is 1. The van der Waals surface area contributed by atoms with Crippen LogP contribution in [0.4, 0.5) is 5.69 Å². The molecule has 100 valence electrons. The number of anilines is 1. The molecule has 1 aliphatic rings. The molecule has 1 aromatic carbocycles. The van der Waals surface area contributed by atoms with Gasteiger partial charge in [-0.3, -0.25) is 0 Å². The molecule has 0 radical (unpaired) electrons. The first-order valence-corrected chi connectivity index (χ1v) is 7.74. The first-order valence-electron chi connectivity index (χ1n) is 6.57. The summed E-state index contributed by atoms with van der Waals surface area (Å²) in [5, 5.41) is 4.44. The van der Waals surface area contributed by atoms with Gasteiger partial charge in [0.1, 0.15) is 0 Å². The highest BCUT2D eigenvalue weighted by atomic mass is 79.9. The molecule has 2 unspecified atom stereocenters. The van der Waals surface area contributed by atoms with Crippen LogP contribution in [-0.4, -0.2) is 25.2 Å². The number of benzene rings is 1. The van der Waals surface area contributed by atoms with Gasteiger partial charge in [-0.25, -0.2) is 0 Å². The third kappa shape index (κ3) is 3.19. The van der Waals surface area contributed by atoms with E-state index in [9.17, 15) is 0 Å². The highest BCUT2D eigenvalue weighted by Crippen LogP contribution is 2.31. The predicted octanol–water partition coefficient (Wildman–Crippen LogP) is 4.07. The van der Waals surface area contributed by atoms with E-state index in [1.54, 1.807) is 0 Å². The zero-order chi connectivity index (χ0) is 13.1. The van der Waals surface area contributed by atoms with Crippen molar-refractivity contribution in [2.75, 3.05) is 18.0 Å². The first-order chi connectivity index (χ1) is 8.61. The van der Waals surface area contributed by atoms with Crippen LogP contribution in [0.2, 0.25) is 5.02 Å². The van der Waals surface area contributed by atoms with E-state index in [1.165, 1.54) is 12.8 Å². The highest BCUT2D eigenvalue weighted by molar-refractivity contribution is 9.10. The molecule has 0 bridgehead atoms. The van der Waals surface area contributed by atoms with Crippen molar-refractivity contribution in [3.8, 4) is 0 Å². The maximum absolute atomic E-state index is 6.34. The van der Waals surface area contributed by atoms with Gasteiger partial charge in [0.25, 0.3) is 0 Å². The third-order valence-corrected chi connectivity index (χ3v) is 4.32. The quantitative estimate of drug-likeness (QED) is 0.898. The average molecular weight is 332 g/mol. The minimum atomic E-state index is 0.477. The summed E-state index contributed by atoms with van der Waals surface area (Å²) in [6.07, 6.45) is 2.43. The van der Waals surface area contributed by atoms with Gasteiger partial charge in [-0.05, 0) is 31.5 Å². The third-order valence-electron chi connectivity index (χ3n) is 3.51. The molecule has 1 aromatic rings. The Labute approximate surface area is 123 Å². The molecule has 0 aromatic heterocycles. The van der Waals surface area contributed by atoms with E-state index >= 15 is 0 Å². The molecule has 0 spiro atoms. The summed E-state index contributed by atoms with van der Waals surface area (Å²) >= 11 is 9.86. The maximum Gasteiger partial charge on any atom is 0.0640 e. The van der Waals surface area contributed by atoms with Crippen LogP contribution in [0.15, 0.2) is 22.7 Å². The first kappa shape index (κ1) is 14.2. The summed E-state index contributed by atoms with van der Waals surface area (Å²) in [4.78, 5) is 2.42. The lowest BCUT2D eigenvalue weighted by Gasteiger charge is -2.41. The molecular weight excluding hydrogens is 312 g/mol. The Hall–Kier alpha value is -0.250. The van der Waals surface area contributed by atoms with Crippen LogP contribution in [0.3, 0.4) is 0 Å². The zero-order valence-electron chi connectivity index (χ0n) is 10.9. The van der Waals surface area contributed by atoms with E-state index in [0.717, 1.165) is 28.3 Å². The van der Waals surface area contributed by atoms with Crippen molar-refractivity contribution in [1.82, 2.24) is 5.32 Å². The van der Waals surface area contributed by atoms with Gasteiger partial charge in [0.05, 0.1) is 10.7 Å². The van der Waals surface area contributed by atoms with E-state index in [4.69, 9.17) is 11.6 Å². The lowest BCUT2D eigenvalue weighted by atomic mass is 10.1. The number of rotatable bonds is 3. The summed E-state index contributed by atoms with van der Waals surface area (Å²) in [6, 6.07) is 7.12. The zero-order valence-corrected chi connectivity index (χ0v) is 13.3. The van der Waals surface area contributed by atoms with Crippen molar-refractivity contribution in [1.29, 1.82) is 0 Å². The van der Waals surface area contributed by atoms with Crippen molar-refractivity contribution < 1.29 is 0 Å². The Morgan fingerprint density at radius 2 is 2.28 bits per heavy atom. The Morgan fingerprint density at radius 1 is 1.50 bits per heavy atom. The molecule has 0 aliphatic carbocycles. The van der Waals surface area contributed by atoms with Crippen molar-refractivity contribution >= 4 is 33.2 Å². The SMILES string of the molecule is CCCC1CN(c2cc(Br)ccc2Cl)C(C)CN1. The Morgan fingerprint density at radius 3 is 3.00 bits per heavy atom. The van der Waals surface area contributed by atoms with E-state index in [0.29, 0.717) is 12.1 Å². The number of halogens is 2. The van der Waals surface area contributed by atoms with Crippen molar-refractivity contribution in [2.45, 2.75) is 38.8 Å². The minimum Gasteiger partial charge on any atom is -0.365 e. The maximum atomic E-state index is 6.34. The second-order valence-electron chi connectivity index (χ2n) is 4.99. The molecule has 0 saturated carbocycles. The monoisotopic (exact) mass is 330 g/mol. The number of hydrogen-bond donors (Lipinski definition) is 1.